The Morgan fingerprint density at radius 2 is 2.10 bits per heavy atom. The lowest BCUT2D eigenvalue weighted by atomic mass is 9.85. The van der Waals surface area contributed by atoms with Gasteiger partial charge in [-0.1, -0.05) is 25.8 Å². The third-order valence-electron chi connectivity index (χ3n) is 4.32. The Bertz CT molecular complexity index is 467. The third-order valence-corrected chi connectivity index (χ3v) is 4.32. The molecule has 1 heterocycles. The van der Waals surface area contributed by atoms with Crippen LogP contribution in [0.1, 0.15) is 44.0 Å². The summed E-state index contributed by atoms with van der Waals surface area (Å²) in [7, 11) is 0. The fraction of sp³-hybridized carbons (Fsp3) is 0.625. The molecule has 0 radical (unpaired) electrons. The Labute approximate surface area is 120 Å². The molecule has 1 fully saturated rings. The van der Waals surface area contributed by atoms with E-state index in [0.717, 1.165) is 50.2 Å². The van der Waals surface area contributed by atoms with Gasteiger partial charge in [0.2, 0.25) is 0 Å². The number of carboxylic acids is 1. The average Bonchev–Trinajstić information content (AvgIpc) is 2.88. The van der Waals surface area contributed by atoms with Crippen molar-refractivity contribution in [3.8, 4) is 0 Å². The second-order valence-corrected chi connectivity index (χ2v) is 5.87. The molecule has 1 N–H and O–H groups in total. The number of carboxylic acid groups (broad SMARTS) is 1. The first kappa shape index (κ1) is 15.0. The molecule has 4 nitrogen and oxygen atoms in total. The van der Waals surface area contributed by atoms with Crippen molar-refractivity contribution in [2.24, 2.45) is 5.41 Å². The number of aliphatic carboxylic acids is 1. The van der Waals surface area contributed by atoms with Crippen molar-refractivity contribution in [3.63, 3.8) is 0 Å². The molecule has 0 atom stereocenters. The Balaban J connectivity index is 2.06. The molecule has 1 saturated carbocycles. The van der Waals surface area contributed by atoms with Crippen LogP contribution in [0.15, 0.2) is 18.2 Å². The number of aryl methyl sites for hydroxylation is 1. The topological polar surface area (TPSA) is 53.4 Å². The maximum absolute atomic E-state index is 11.6. The van der Waals surface area contributed by atoms with Crippen molar-refractivity contribution in [3.05, 3.63) is 29.6 Å². The van der Waals surface area contributed by atoms with E-state index in [9.17, 15) is 9.90 Å². The van der Waals surface area contributed by atoms with Gasteiger partial charge in [-0.15, -0.1) is 0 Å². The van der Waals surface area contributed by atoms with E-state index < -0.39 is 11.4 Å². The van der Waals surface area contributed by atoms with Crippen molar-refractivity contribution < 1.29 is 9.90 Å². The van der Waals surface area contributed by atoms with Crippen molar-refractivity contribution in [2.75, 3.05) is 13.1 Å². The minimum Gasteiger partial charge on any atom is -0.481 e. The molecule has 1 aromatic heterocycles. The third kappa shape index (κ3) is 3.37. The van der Waals surface area contributed by atoms with Crippen LogP contribution in [-0.2, 0) is 11.3 Å². The monoisotopic (exact) mass is 276 g/mol. The van der Waals surface area contributed by atoms with Crippen LogP contribution in [0, 0.1) is 12.3 Å². The molecule has 0 amide bonds. The number of nitrogens with zero attached hydrogens (tertiary/aromatic N) is 2. The molecule has 1 aromatic rings. The van der Waals surface area contributed by atoms with E-state index in [1.807, 2.05) is 25.1 Å². The maximum atomic E-state index is 11.6. The lowest BCUT2D eigenvalue weighted by Crippen LogP contribution is -2.41. The molecule has 0 saturated heterocycles. The molecule has 2 rings (SSSR count). The highest BCUT2D eigenvalue weighted by molar-refractivity contribution is 5.75. The highest BCUT2D eigenvalue weighted by Crippen LogP contribution is 2.39. The molecule has 4 heteroatoms. The molecule has 0 unspecified atom stereocenters. The largest absolute Gasteiger partial charge is 0.481 e. The lowest BCUT2D eigenvalue weighted by molar-refractivity contribution is -0.150. The van der Waals surface area contributed by atoms with Crippen LogP contribution in [0.4, 0.5) is 0 Å². The number of carbonyl (C=O) groups is 1. The first-order chi connectivity index (χ1) is 9.55. The van der Waals surface area contributed by atoms with E-state index >= 15 is 0 Å². The molecule has 0 aromatic carbocycles. The minimum atomic E-state index is -0.634. The van der Waals surface area contributed by atoms with Gasteiger partial charge in [0.1, 0.15) is 0 Å². The van der Waals surface area contributed by atoms with Crippen LogP contribution in [0.25, 0.3) is 0 Å². The van der Waals surface area contributed by atoms with Crippen molar-refractivity contribution >= 4 is 5.97 Å². The standard InChI is InChI=1S/C16H24N2O2/c1-3-18(11-14-8-6-7-13(2)17-14)12-16(15(19)20)9-4-5-10-16/h6-8H,3-5,9-12H2,1-2H3,(H,19,20). The van der Waals surface area contributed by atoms with E-state index in [4.69, 9.17) is 0 Å². The summed E-state index contributed by atoms with van der Waals surface area (Å²) in [6.07, 6.45) is 3.68. The van der Waals surface area contributed by atoms with Crippen LogP contribution < -0.4 is 0 Å². The van der Waals surface area contributed by atoms with E-state index in [-0.39, 0.29) is 0 Å². The van der Waals surface area contributed by atoms with Crippen molar-refractivity contribution in [1.82, 2.24) is 9.88 Å². The number of pyridine rings is 1. The number of aromatic nitrogens is 1. The number of hydrogen-bond donors (Lipinski definition) is 1. The summed E-state index contributed by atoms with van der Waals surface area (Å²) >= 11 is 0. The van der Waals surface area contributed by atoms with Crippen LogP contribution in [0.2, 0.25) is 0 Å². The highest BCUT2D eigenvalue weighted by Gasteiger charge is 2.42. The van der Waals surface area contributed by atoms with E-state index in [1.165, 1.54) is 0 Å². The second-order valence-electron chi connectivity index (χ2n) is 5.87. The molecule has 0 aliphatic heterocycles. The predicted octanol–water partition coefficient (Wildman–Crippen LogP) is 2.86. The SMILES string of the molecule is CCN(Cc1cccc(C)n1)CC1(C(=O)O)CCCC1. The molecule has 20 heavy (non-hydrogen) atoms. The maximum Gasteiger partial charge on any atom is 0.310 e. The van der Waals surface area contributed by atoms with Crippen molar-refractivity contribution in [1.29, 1.82) is 0 Å². The Kier molecular flexibility index (Phi) is 4.76. The van der Waals surface area contributed by atoms with Crippen LogP contribution in [-0.4, -0.2) is 34.0 Å². The zero-order valence-corrected chi connectivity index (χ0v) is 12.4. The highest BCUT2D eigenvalue weighted by atomic mass is 16.4. The van der Waals surface area contributed by atoms with Crippen LogP contribution in [0.5, 0.6) is 0 Å². The summed E-state index contributed by atoms with van der Waals surface area (Å²) in [5.41, 5.74) is 1.48. The smallest absolute Gasteiger partial charge is 0.310 e. The summed E-state index contributed by atoms with van der Waals surface area (Å²) < 4.78 is 0. The van der Waals surface area contributed by atoms with Gasteiger partial charge in [-0.3, -0.25) is 14.7 Å². The summed E-state index contributed by atoms with van der Waals surface area (Å²) in [6.45, 7) is 6.28. The van der Waals surface area contributed by atoms with Crippen molar-refractivity contribution in [2.45, 2.75) is 46.1 Å². The Morgan fingerprint density at radius 1 is 1.40 bits per heavy atom. The molecular formula is C16H24N2O2. The Morgan fingerprint density at radius 3 is 2.65 bits per heavy atom. The van der Waals surface area contributed by atoms with Gasteiger partial charge < -0.3 is 5.11 Å². The van der Waals surface area contributed by atoms with Gasteiger partial charge in [0.15, 0.2) is 0 Å². The zero-order chi connectivity index (χ0) is 14.6. The van der Waals surface area contributed by atoms with E-state index in [0.29, 0.717) is 6.54 Å². The van der Waals surface area contributed by atoms with Gasteiger partial charge in [-0.2, -0.15) is 0 Å². The van der Waals surface area contributed by atoms with Gasteiger partial charge in [0.25, 0.3) is 0 Å². The number of rotatable bonds is 6. The zero-order valence-electron chi connectivity index (χ0n) is 12.4. The van der Waals surface area contributed by atoms with Gasteiger partial charge in [0, 0.05) is 18.8 Å². The van der Waals surface area contributed by atoms with Crippen LogP contribution in [0.3, 0.4) is 0 Å². The predicted molar refractivity (Wildman–Crippen MR) is 78.5 cm³/mol. The van der Waals surface area contributed by atoms with Gasteiger partial charge in [0.05, 0.1) is 11.1 Å². The summed E-state index contributed by atoms with van der Waals surface area (Å²) in [6, 6.07) is 6.00. The van der Waals surface area contributed by atoms with Gasteiger partial charge >= 0.3 is 5.97 Å². The minimum absolute atomic E-state index is 0.542. The molecule has 1 aliphatic rings. The lowest BCUT2D eigenvalue weighted by Gasteiger charge is -2.31. The van der Waals surface area contributed by atoms with E-state index in [2.05, 4.69) is 16.8 Å². The molecule has 0 spiro atoms. The Hall–Kier alpha value is -1.42. The molecule has 0 bridgehead atoms. The second kappa shape index (κ2) is 6.35. The molecule has 1 aliphatic carbocycles. The van der Waals surface area contributed by atoms with Gasteiger partial charge in [-0.25, -0.2) is 0 Å². The number of hydrogen-bond acceptors (Lipinski definition) is 3. The summed E-state index contributed by atoms with van der Waals surface area (Å²) in [5.74, 6) is -0.634. The summed E-state index contributed by atoms with van der Waals surface area (Å²) in [5, 5.41) is 9.58. The quantitative estimate of drug-likeness (QED) is 0.868. The first-order valence-corrected chi connectivity index (χ1v) is 7.44. The van der Waals surface area contributed by atoms with E-state index in [1.54, 1.807) is 0 Å². The molecular weight excluding hydrogens is 252 g/mol. The fourth-order valence-corrected chi connectivity index (χ4v) is 3.12. The first-order valence-electron chi connectivity index (χ1n) is 7.44. The summed E-state index contributed by atoms with van der Waals surface area (Å²) in [4.78, 5) is 18.4. The fourth-order valence-electron chi connectivity index (χ4n) is 3.12. The normalized spacial score (nSPS) is 17.6. The average molecular weight is 276 g/mol. The van der Waals surface area contributed by atoms with Crippen LogP contribution >= 0.6 is 0 Å². The molecule has 110 valence electrons. The van der Waals surface area contributed by atoms with Gasteiger partial charge in [-0.05, 0) is 38.4 Å².